The second-order valence-electron chi connectivity index (χ2n) is 4.39. The van der Waals surface area contributed by atoms with Crippen molar-refractivity contribution < 1.29 is 4.39 Å². The third-order valence-corrected chi connectivity index (χ3v) is 2.86. The molecule has 1 aromatic rings. The average molecular weight is 238 g/mol. The van der Waals surface area contributed by atoms with Crippen molar-refractivity contribution in [3.05, 3.63) is 35.1 Å². The summed E-state index contributed by atoms with van der Waals surface area (Å²) in [4.78, 5) is 2.40. The molecule has 0 bridgehead atoms. The summed E-state index contributed by atoms with van der Waals surface area (Å²) in [7, 11) is 0. The van der Waals surface area contributed by atoms with E-state index in [1.165, 1.54) is 6.07 Å². The van der Waals surface area contributed by atoms with E-state index in [4.69, 9.17) is 5.73 Å². The quantitative estimate of drug-likeness (QED) is 0.791. The zero-order valence-corrected chi connectivity index (χ0v) is 10.9. The van der Waals surface area contributed by atoms with E-state index in [1.54, 1.807) is 6.07 Å². The van der Waals surface area contributed by atoms with Gasteiger partial charge in [-0.3, -0.25) is 4.90 Å². The monoisotopic (exact) mass is 238 g/mol. The Bertz CT molecular complexity index is 333. The van der Waals surface area contributed by atoms with Crippen LogP contribution in [0.15, 0.2) is 18.2 Å². The summed E-state index contributed by atoms with van der Waals surface area (Å²) in [6.45, 7) is 7.78. The van der Waals surface area contributed by atoms with E-state index in [-0.39, 0.29) is 5.82 Å². The zero-order chi connectivity index (χ0) is 12.7. The highest BCUT2D eigenvalue weighted by molar-refractivity contribution is 5.27. The first-order valence-electron chi connectivity index (χ1n) is 6.41. The van der Waals surface area contributed by atoms with Gasteiger partial charge in [-0.05, 0) is 49.2 Å². The van der Waals surface area contributed by atoms with E-state index in [2.05, 4.69) is 18.7 Å². The van der Waals surface area contributed by atoms with Crippen LogP contribution in [0.1, 0.15) is 37.8 Å². The Morgan fingerprint density at radius 1 is 1.12 bits per heavy atom. The molecule has 0 fully saturated rings. The fraction of sp³-hybridized carbons (Fsp3) is 0.571. The molecule has 2 nitrogen and oxygen atoms in total. The fourth-order valence-corrected chi connectivity index (χ4v) is 2.08. The summed E-state index contributed by atoms with van der Waals surface area (Å²) in [5.41, 5.74) is 7.73. The van der Waals surface area contributed by atoms with Gasteiger partial charge in [0.2, 0.25) is 0 Å². The second-order valence-corrected chi connectivity index (χ2v) is 4.39. The molecule has 0 aliphatic rings. The molecule has 0 aliphatic heterocycles. The highest BCUT2D eigenvalue weighted by Crippen LogP contribution is 2.14. The zero-order valence-electron chi connectivity index (χ0n) is 10.9. The largest absolute Gasteiger partial charge is 0.326 e. The number of hydrogen-bond donors (Lipinski definition) is 1. The van der Waals surface area contributed by atoms with Crippen molar-refractivity contribution in [1.82, 2.24) is 4.90 Å². The summed E-state index contributed by atoms with van der Waals surface area (Å²) in [5, 5.41) is 0. The predicted octanol–water partition coefficient (Wildman–Crippen LogP) is 2.91. The molecule has 0 saturated carbocycles. The maximum atomic E-state index is 13.1. The van der Waals surface area contributed by atoms with Crippen molar-refractivity contribution in [1.29, 1.82) is 0 Å². The summed E-state index contributed by atoms with van der Waals surface area (Å²) >= 11 is 0. The first-order chi connectivity index (χ1) is 8.21. The van der Waals surface area contributed by atoms with Crippen LogP contribution in [0.2, 0.25) is 0 Å². The van der Waals surface area contributed by atoms with Gasteiger partial charge in [0, 0.05) is 13.1 Å². The van der Waals surface area contributed by atoms with E-state index >= 15 is 0 Å². The van der Waals surface area contributed by atoms with Crippen LogP contribution >= 0.6 is 0 Å². The van der Waals surface area contributed by atoms with Gasteiger partial charge in [-0.1, -0.05) is 19.9 Å². The maximum Gasteiger partial charge on any atom is 0.123 e. The molecule has 0 unspecified atom stereocenters. The van der Waals surface area contributed by atoms with Gasteiger partial charge in [0.15, 0.2) is 0 Å². The molecule has 0 amide bonds. The van der Waals surface area contributed by atoms with Crippen molar-refractivity contribution in [2.45, 2.75) is 39.8 Å². The second kappa shape index (κ2) is 7.41. The number of rotatable bonds is 7. The third-order valence-electron chi connectivity index (χ3n) is 2.86. The smallest absolute Gasteiger partial charge is 0.123 e. The lowest BCUT2D eigenvalue weighted by molar-refractivity contribution is 0.265. The van der Waals surface area contributed by atoms with Crippen molar-refractivity contribution >= 4 is 0 Å². The Hall–Kier alpha value is -0.930. The number of benzene rings is 1. The molecule has 0 heterocycles. The highest BCUT2D eigenvalue weighted by Gasteiger charge is 2.08. The molecule has 0 spiro atoms. The number of halogens is 1. The lowest BCUT2D eigenvalue weighted by atomic mass is 10.1. The molecule has 0 atom stereocenters. The minimum atomic E-state index is -0.202. The molecule has 1 rings (SSSR count). The van der Waals surface area contributed by atoms with E-state index in [0.717, 1.165) is 43.6 Å². The van der Waals surface area contributed by atoms with Crippen LogP contribution in [0.4, 0.5) is 4.39 Å². The van der Waals surface area contributed by atoms with Gasteiger partial charge < -0.3 is 5.73 Å². The topological polar surface area (TPSA) is 29.3 Å². The summed E-state index contributed by atoms with van der Waals surface area (Å²) in [6, 6.07) is 4.92. The molecule has 0 aromatic heterocycles. The van der Waals surface area contributed by atoms with Crippen LogP contribution < -0.4 is 5.73 Å². The first kappa shape index (κ1) is 14.1. The van der Waals surface area contributed by atoms with Crippen molar-refractivity contribution in [2.24, 2.45) is 5.73 Å². The number of nitrogens with two attached hydrogens (primary N) is 1. The van der Waals surface area contributed by atoms with Crippen LogP contribution in [0.25, 0.3) is 0 Å². The fourth-order valence-electron chi connectivity index (χ4n) is 2.08. The minimum absolute atomic E-state index is 0.202. The van der Waals surface area contributed by atoms with Crippen LogP contribution in [0.5, 0.6) is 0 Å². The van der Waals surface area contributed by atoms with Gasteiger partial charge >= 0.3 is 0 Å². The minimum Gasteiger partial charge on any atom is -0.326 e. The number of nitrogens with zero attached hydrogens (tertiary/aromatic N) is 1. The van der Waals surface area contributed by atoms with Gasteiger partial charge in [0.05, 0.1) is 0 Å². The van der Waals surface area contributed by atoms with Crippen LogP contribution in [-0.4, -0.2) is 18.0 Å². The van der Waals surface area contributed by atoms with Gasteiger partial charge in [-0.15, -0.1) is 0 Å². The molecule has 0 radical (unpaired) electrons. The molecule has 1 aromatic carbocycles. The predicted molar refractivity (Wildman–Crippen MR) is 70.2 cm³/mol. The summed E-state index contributed by atoms with van der Waals surface area (Å²) < 4.78 is 13.1. The molecule has 96 valence electrons. The van der Waals surface area contributed by atoms with E-state index in [9.17, 15) is 4.39 Å². The Morgan fingerprint density at radius 2 is 1.76 bits per heavy atom. The Morgan fingerprint density at radius 3 is 2.29 bits per heavy atom. The van der Waals surface area contributed by atoms with Crippen LogP contribution in [-0.2, 0) is 13.1 Å². The van der Waals surface area contributed by atoms with Crippen molar-refractivity contribution in [3.63, 3.8) is 0 Å². The summed E-state index contributed by atoms with van der Waals surface area (Å²) in [6.07, 6.45) is 2.28. The summed E-state index contributed by atoms with van der Waals surface area (Å²) in [5.74, 6) is -0.202. The Balaban J connectivity index is 2.76. The molecule has 2 N–H and O–H groups in total. The van der Waals surface area contributed by atoms with Gasteiger partial charge in [0.25, 0.3) is 0 Å². The van der Waals surface area contributed by atoms with Crippen LogP contribution in [0, 0.1) is 5.82 Å². The lowest BCUT2D eigenvalue weighted by Gasteiger charge is -2.22. The van der Waals surface area contributed by atoms with E-state index < -0.39 is 0 Å². The standard InChI is InChI=1S/C14H23FN2/c1-3-7-17(8-4-2)11-12-5-6-14(15)9-13(12)10-16/h5-6,9H,3-4,7-8,10-11,16H2,1-2H3. The van der Waals surface area contributed by atoms with Crippen LogP contribution in [0.3, 0.4) is 0 Å². The normalized spacial score (nSPS) is 11.1. The lowest BCUT2D eigenvalue weighted by Crippen LogP contribution is -2.25. The average Bonchev–Trinajstić information content (AvgIpc) is 2.32. The third kappa shape index (κ3) is 4.44. The first-order valence-corrected chi connectivity index (χ1v) is 6.41. The Kier molecular flexibility index (Phi) is 6.16. The van der Waals surface area contributed by atoms with Gasteiger partial charge in [0.1, 0.15) is 5.82 Å². The number of hydrogen-bond acceptors (Lipinski definition) is 2. The molecule has 0 aliphatic carbocycles. The molecular formula is C14H23FN2. The Labute approximate surface area is 104 Å². The molecule has 17 heavy (non-hydrogen) atoms. The maximum absolute atomic E-state index is 13.1. The van der Waals surface area contributed by atoms with E-state index in [1.807, 2.05) is 6.07 Å². The van der Waals surface area contributed by atoms with Gasteiger partial charge in [-0.2, -0.15) is 0 Å². The molecular weight excluding hydrogens is 215 g/mol. The molecule has 0 saturated heterocycles. The van der Waals surface area contributed by atoms with Crippen molar-refractivity contribution in [2.75, 3.05) is 13.1 Å². The highest BCUT2D eigenvalue weighted by atomic mass is 19.1. The molecule has 3 heteroatoms. The SMILES string of the molecule is CCCN(CCC)Cc1ccc(F)cc1CN. The van der Waals surface area contributed by atoms with Crippen molar-refractivity contribution in [3.8, 4) is 0 Å². The van der Waals surface area contributed by atoms with Gasteiger partial charge in [-0.25, -0.2) is 4.39 Å². The van der Waals surface area contributed by atoms with E-state index in [0.29, 0.717) is 6.54 Å².